The summed E-state index contributed by atoms with van der Waals surface area (Å²) in [5.41, 5.74) is 1.49. The van der Waals surface area contributed by atoms with Crippen molar-refractivity contribution in [2.45, 2.75) is 17.4 Å². The molecule has 1 aromatic carbocycles. The highest BCUT2D eigenvalue weighted by molar-refractivity contribution is 8.14. The van der Waals surface area contributed by atoms with Crippen LogP contribution in [0.15, 0.2) is 29.4 Å². The molecule has 1 aliphatic carbocycles. The molecule has 4 nitrogen and oxygen atoms in total. The summed E-state index contributed by atoms with van der Waals surface area (Å²) in [4.78, 5) is 2.08. The Morgan fingerprint density at radius 3 is 3.11 bits per heavy atom. The van der Waals surface area contributed by atoms with Gasteiger partial charge in [-0.15, -0.1) is 0 Å². The average molecular weight is 261 g/mol. The highest BCUT2D eigenvalue weighted by atomic mass is 32.2. The minimum Gasteiger partial charge on any atom is -0.366 e. The highest BCUT2D eigenvalue weighted by Gasteiger charge is 2.57. The Kier molecular flexibility index (Phi) is 2.03. The van der Waals surface area contributed by atoms with Crippen LogP contribution in [0.3, 0.4) is 0 Å². The van der Waals surface area contributed by atoms with Crippen LogP contribution in [0.2, 0.25) is 0 Å². The molecule has 4 rings (SSSR count). The summed E-state index contributed by atoms with van der Waals surface area (Å²) in [6, 6.07) is 8.23. The molecule has 18 heavy (non-hydrogen) atoms. The summed E-state index contributed by atoms with van der Waals surface area (Å²) < 4.78 is 0. The maximum atomic E-state index is 11.2. The lowest BCUT2D eigenvalue weighted by atomic mass is 10.0. The number of nitrogens with zero attached hydrogens (tertiary/aromatic N) is 3. The number of amidine groups is 1. The molecule has 1 aromatic rings. The Morgan fingerprint density at radius 2 is 2.22 bits per heavy atom. The molecule has 1 N–H and O–H groups in total. The van der Waals surface area contributed by atoms with Gasteiger partial charge in [0.1, 0.15) is 0 Å². The molecule has 3 aliphatic rings. The second-order valence-electron chi connectivity index (χ2n) is 5.11. The fourth-order valence-corrected chi connectivity index (χ4v) is 4.62. The summed E-state index contributed by atoms with van der Waals surface area (Å²) in [5.74, 6) is 0. The summed E-state index contributed by atoms with van der Waals surface area (Å²) in [5, 5.41) is 18.8. The Bertz CT molecular complexity index is 547. The van der Waals surface area contributed by atoms with Gasteiger partial charge in [-0.2, -0.15) is 5.10 Å². The first-order chi connectivity index (χ1) is 8.69. The Labute approximate surface area is 110 Å². The van der Waals surface area contributed by atoms with E-state index in [4.69, 9.17) is 0 Å². The van der Waals surface area contributed by atoms with Gasteiger partial charge < -0.3 is 10.0 Å². The van der Waals surface area contributed by atoms with E-state index in [1.165, 1.54) is 5.56 Å². The second kappa shape index (κ2) is 3.42. The fourth-order valence-electron chi connectivity index (χ4n) is 3.14. The molecule has 1 fully saturated rings. The zero-order valence-electron chi connectivity index (χ0n) is 10.2. The maximum Gasteiger partial charge on any atom is 0.186 e. The lowest BCUT2D eigenvalue weighted by Crippen LogP contribution is -2.51. The third-order valence-corrected chi connectivity index (χ3v) is 5.35. The Hall–Kier alpha value is -1.20. The monoisotopic (exact) mass is 261 g/mol. The average Bonchev–Trinajstić information content (AvgIpc) is 2.78. The fraction of sp³-hybridized carbons (Fsp3) is 0.462. The van der Waals surface area contributed by atoms with Gasteiger partial charge >= 0.3 is 0 Å². The van der Waals surface area contributed by atoms with Crippen LogP contribution in [0, 0.1) is 0 Å². The molecule has 5 heteroatoms. The summed E-state index contributed by atoms with van der Waals surface area (Å²) in [6.45, 7) is 1.70. The third-order valence-electron chi connectivity index (χ3n) is 4.06. The minimum atomic E-state index is -0.846. The van der Waals surface area contributed by atoms with Crippen molar-refractivity contribution in [2.24, 2.45) is 5.10 Å². The molecule has 2 heterocycles. The number of aliphatic hydroxyl groups is 1. The molecular formula is C13H15N3OS. The molecule has 0 spiro atoms. The minimum absolute atomic E-state index is 0.181. The van der Waals surface area contributed by atoms with Crippen LogP contribution in [0.4, 0.5) is 0 Å². The van der Waals surface area contributed by atoms with Gasteiger partial charge in [-0.1, -0.05) is 36.0 Å². The summed E-state index contributed by atoms with van der Waals surface area (Å²) in [6.07, 6.45) is 0.927. The van der Waals surface area contributed by atoms with E-state index in [0.29, 0.717) is 0 Å². The van der Waals surface area contributed by atoms with Gasteiger partial charge in [-0.05, 0) is 12.0 Å². The van der Waals surface area contributed by atoms with Gasteiger partial charge in [0.25, 0.3) is 0 Å². The zero-order valence-corrected chi connectivity index (χ0v) is 11.0. The van der Waals surface area contributed by atoms with Crippen molar-refractivity contribution in [3.05, 3.63) is 35.4 Å². The summed E-state index contributed by atoms with van der Waals surface area (Å²) in [7, 11) is 1.98. The van der Waals surface area contributed by atoms with E-state index in [2.05, 4.69) is 22.1 Å². The van der Waals surface area contributed by atoms with E-state index in [1.807, 2.05) is 24.2 Å². The number of thioether (sulfide) groups is 1. The molecule has 1 saturated heterocycles. The van der Waals surface area contributed by atoms with Crippen LogP contribution in [0.1, 0.15) is 11.1 Å². The Balaban J connectivity index is 1.85. The van der Waals surface area contributed by atoms with Crippen LogP contribution >= 0.6 is 11.8 Å². The lowest BCUT2D eigenvalue weighted by Gasteiger charge is -2.38. The van der Waals surface area contributed by atoms with E-state index < -0.39 is 5.72 Å². The van der Waals surface area contributed by atoms with Crippen LogP contribution < -0.4 is 0 Å². The van der Waals surface area contributed by atoms with Gasteiger partial charge in [0, 0.05) is 19.2 Å². The van der Waals surface area contributed by atoms with Crippen molar-refractivity contribution in [3.63, 3.8) is 0 Å². The SMILES string of the molecule is CN1CCN2C(=N1)S[C@H]1Cc3ccccc3[C@]12O. The van der Waals surface area contributed by atoms with Gasteiger partial charge in [0.05, 0.1) is 11.8 Å². The van der Waals surface area contributed by atoms with Crippen LogP contribution in [-0.2, 0) is 12.1 Å². The molecule has 0 bridgehead atoms. The third kappa shape index (κ3) is 1.18. The zero-order chi connectivity index (χ0) is 12.3. The number of rotatable bonds is 0. The number of likely N-dealkylation sites (N-methyl/N-ethyl adjacent to an activating group) is 1. The number of hydrogen-bond acceptors (Lipinski definition) is 5. The first kappa shape index (κ1) is 10.7. The first-order valence-corrected chi connectivity index (χ1v) is 7.12. The number of hydrogen-bond donors (Lipinski definition) is 1. The molecule has 2 aliphatic heterocycles. The van der Waals surface area contributed by atoms with Crippen molar-refractivity contribution >= 4 is 16.9 Å². The van der Waals surface area contributed by atoms with Gasteiger partial charge in [-0.3, -0.25) is 5.01 Å². The largest absolute Gasteiger partial charge is 0.366 e. The summed E-state index contributed by atoms with van der Waals surface area (Å²) >= 11 is 1.71. The van der Waals surface area contributed by atoms with E-state index >= 15 is 0 Å². The molecule has 0 unspecified atom stereocenters. The first-order valence-electron chi connectivity index (χ1n) is 6.24. The molecule has 94 valence electrons. The molecular weight excluding hydrogens is 246 g/mol. The maximum absolute atomic E-state index is 11.2. The van der Waals surface area contributed by atoms with Crippen LogP contribution in [0.5, 0.6) is 0 Å². The van der Waals surface area contributed by atoms with Crippen molar-refractivity contribution in [1.82, 2.24) is 9.91 Å². The molecule has 2 atom stereocenters. The number of hydrazone groups is 1. The molecule has 0 aromatic heterocycles. The van der Waals surface area contributed by atoms with Gasteiger partial charge in [0.2, 0.25) is 0 Å². The topological polar surface area (TPSA) is 39.1 Å². The van der Waals surface area contributed by atoms with Gasteiger partial charge in [-0.25, -0.2) is 0 Å². The van der Waals surface area contributed by atoms with Crippen molar-refractivity contribution in [1.29, 1.82) is 0 Å². The quantitative estimate of drug-likeness (QED) is 0.757. The van der Waals surface area contributed by atoms with E-state index in [9.17, 15) is 5.11 Å². The highest BCUT2D eigenvalue weighted by Crippen LogP contribution is 2.52. The van der Waals surface area contributed by atoms with Crippen LogP contribution in [-0.4, -0.2) is 45.6 Å². The van der Waals surface area contributed by atoms with Gasteiger partial charge in [0.15, 0.2) is 10.9 Å². The molecule has 0 amide bonds. The predicted octanol–water partition coefficient (Wildman–Crippen LogP) is 1.02. The number of fused-ring (bicyclic) bond motifs is 5. The normalized spacial score (nSPS) is 33.0. The van der Waals surface area contributed by atoms with Crippen molar-refractivity contribution in [3.8, 4) is 0 Å². The predicted molar refractivity (Wildman–Crippen MR) is 72.2 cm³/mol. The van der Waals surface area contributed by atoms with Crippen molar-refractivity contribution < 1.29 is 5.11 Å². The standard InChI is InChI=1S/C13H15N3OS/c1-15-6-7-16-12(14-15)18-11-8-9-4-2-3-5-10(9)13(11,16)17/h2-5,11,17H,6-8H2,1H3/t11-,13-/m0/s1. The Morgan fingerprint density at radius 1 is 1.39 bits per heavy atom. The van der Waals surface area contributed by atoms with E-state index in [0.717, 1.165) is 30.2 Å². The van der Waals surface area contributed by atoms with Crippen molar-refractivity contribution in [2.75, 3.05) is 20.1 Å². The lowest BCUT2D eigenvalue weighted by molar-refractivity contribution is -0.0684. The number of benzene rings is 1. The molecule has 0 saturated carbocycles. The van der Waals surface area contributed by atoms with E-state index in [1.54, 1.807) is 11.8 Å². The smallest absolute Gasteiger partial charge is 0.186 e. The molecule has 0 radical (unpaired) electrons. The van der Waals surface area contributed by atoms with E-state index in [-0.39, 0.29) is 5.25 Å². The second-order valence-corrected chi connectivity index (χ2v) is 6.28. The van der Waals surface area contributed by atoms with Crippen LogP contribution in [0.25, 0.3) is 0 Å².